The molecule has 1 aromatic carbocycles. The Morgan fingerprint density at radius 1 is 0.933 bits per heavy atom. The number of hydrogen-bond acceptors (Lipinski definition) is 1. The molecule has 0 spiro atoms. The first-order valence-corrected chi connectivity index (χ1v) is 6.30. The van der Waals surface area contributed by atoms with Crippen LogP contribution in [0, 0.1) is 0 Å². The average Bonchev–Trinajstić information content (AvgIpc) is 2.74. The van der Waals surface area contributed by atoms with Gasteiger partial charge in [-0.3, -0.25) is 0 Å². The third-order valence-corrected chi connectivity index (χ3v) is 3.93. The predicted octanol–water partition coefficient (Wildman–Crippen LogP) is 1.54. The van der Waals surface area contributed by atoms with Gasteiger partial charge in [-0.15, -0.1) is 0 Å². The molecule has 0 aliphatic rings. The molecule has 2 heterocycles. The van der Waals surface area contributed by atoms with E-state index in [4.69, 9.17) is 0 Å². The molecule has 0 atom stereocenters. The Bertz CT molecular complexity index is 587. The van der Waals surface area contributed by atoms with Gasteiger partial charge < -0.3 is 0 Å². The molecule has 3 heteroatoms. The van der Waals surface area contributed by atoms with Crippen LogP contribution in [0.3, 0.4) is 0 Å². The van der Waals surface area contributed by atoms with Crippen LogP contribution in [0.25, 0.3) is 16.8 Å². The van der Waals surface area contributed by atoms with Gasteiger partial charge in [-0.05, 0) is 0 Å². The zero-order valence-electron chi connectivity index (χ0n) is 8.00. The molecule has 0 saturated carbocycles. The van der Waals surface area contributed by atoms with Crippen molar-refractivity contribution >= 4 is 20.5 Å². The van der Waals surface area contributed by atoms with Crippen LogP contribution < -0.4 is 3.40 Å². The molecule has 0 saturated heterocycles. The number of nitrogens with zero attached hydrogens (tertiary/aromatic N) is 2. The van der Waals surface area contributed by atoms with Gasteiger partial charge in [-0.1, -0.05) is 0 Å². The number of rotatable bonds is 1. The normalized spacial score (nSPS) is 10.7. The van der Waals surface area contributed by atoms with Gasteiger partial charge in [-0.25, -0.2) is 0 Å². The second-order valence-corrected chi connectivity index (χ2v) is 4.85. The van der Waals surface area contributed by atoms with Crippen LogP contribution in [0.4, 0.5) is 0 Å². The summed E-state index contributed by atoms with van der Waals surface area (Å²) in [5, 5.41) is 0. The first kappa shape index (κ1) is 8.83. The van der Waals surface area contributed by atoms with E-state index in [1.165, 1.54) is 11.1 Å². The third-order valence-electron chi connectivity index (χ3n) is 2.33. The monoisotopic (exact) mass is 261 g/mol. The Hall–Kier alpha value is -1.44. The van der Waals surface area contributed by atoms with E-state index in [9.17, 15) is 0 Å². The molecule has 72 valence electrons. The van der Waals surface area contributed by atoms with Gasteiger partial charge in [-0.2, -0.15) is 0 Å². The average molecular weight is 260 g/mol. The second kappa shape index (κ2) is 3.61. The van der Waals surface area contributed by atoms with E-state index in [2.05, 4.69) is 56.0 Å². The van der Waals surface area contributed by atoms with Crippen LogP contribution in [0.5, 0.6) is 0 Å². The van der Waals surface area contributed by atoms with Crippen LogP contribution in [0.15, 0.2) is 54.7 Å². The van der Waals surface area contributed by atoms with Gasteiger partial charge in [0, 0.05) is 0 Å². The molecule has 3 aromatic rings. The SMILES string of the molecule is c1ccc(-c2n[se][n+]3ccccc23)cc1. The first-order chi connectivity index (χ1) is 7.45. The standard InChI is InChI=1S/C12H9N2Se/c1-2-6-10(7-3-1)12-11-8-4-5-9-14(11)15-13-12/h1-9H/q+1. The van der Waals surface area contributed by atoms with Crippen LogP contribution in [0.2, 0.25) is 0 Å². The molecule has 0 radical (unpaired) electrons. The predicted molar refractivity (Wildman–Crippen MR) is 59.8 cm³/mol. The van der Waals surface area contributed by atoms with Gasteiger partial charge in [0.2, 0.25) is 0 Å². The van der Waals surface area contributed by atoms with E-state index < -0.39 is 0 Å². The van der Waals surface area contributed by atoms with Crippen LogP contribution in [-0.2, 0) is 0 Å². The summed E-state index contributed by atoms with van der Waals surface area (Å²) in [6.07, 6.45) is 2.09. The molecule has 15 heavy (non-hydrogen) atoms. The topological polar surface area (TPSA) is 17.0 Å². The van der Waals surface area contributed by atoms with E-state index in [-0.39, 0.29) is 15.0 Å². The summed E-state index contributed by atoms with van der Waals surface area (Å²) in [5.74, 6) is 0. The Labute approximate surface area is 94.0 Å². The number of pyridine rings is 1. The molecule has 0 bridgehead atoms. The molecule has 0 N–H and O–H groups in total. The number of fused-ring (bicyclic) bond motifs is 1. The second-order valence-electron chi connectivity index (χ2n) is 3.30. The molecule has 0 fully saturated rings. The Morgan fingerprint density at radius 3 is 2.60 bits per heavy atom. The van der Waals surface area contributed by atoms with Crippen molar-refractivity contribution in [3.63, 3.8) is 0 Å². The fraction of sp³-hybridized carbons (Fsp3) is 0. The summed E-state index contributed by atoms with van der Waals surface area (Å²) in [6.45, 7) is 0. The summed E-state index contributed by atoms with van der Waals surface area (Å²) in [4.78, 5) is 0. The maximum atomic E-state index is 4.62. The van der Waals surface area contributed by atoms with Gasteiger partial charge in [0.1, 0.15) is 0 Å². The van der Waals surface area contributed by atoms with Crippen LogP contribution in [-0.4, -0.2) is 18.9 Å². The summed E-state index contributed by atoms with van der Waals surface area (Å²) >= 11 is 0.182. The van der Waals surface area contributed by atoms with Gasteiger partial charge >= 0.3 is 93.8 Å². The van der Waals surface area contributed by atoms with E-state index in [1.54, 1.807) is 0 Å². The van der Waals surface area contributed by atoms with Gasteiger partial charge in [0.05, 0.1) is 0 Å². The maximum absolute atomic E-state index is 4.62. The summed E-state index contributed by atoms with van der Waals surface area (Å²) < 4.78 is 6.83. The molecule has 2 aromatic heterocycles. The Balaban J connectivity index is 2.28. The molecule has 0 aliphatic heterocycles. The van der Waals surface area contributed by atoms with Gasteiger partial charge in [0.25, 0.3) is 0 Å². The van der Waals surface area contributed by atoms with Crippen molar-refractivity contribution in [2.24, 2.45) is 0 Å². The Morgan fingerprint density at radius 2 is 1.73 bits per heavy atom. The molecular formula is C12H9N2Se+. The number of benzene rings is 1. The van der Waals surface area contributed by atoms with Crippen molar-refractivity contribution in [1.82, 2.24) is 3.98 Å². The zero-order chi connectivity index (χ0) is 10.1. The fourth-order valence-electron chi connectivity index (χ4n) is 1.61. The van der Waals surface area contributed by atoms with E-state index >= 15 is 0 Å². The van der Waals surface area contributed by atoms with Crippen molar-refractivity contribution in [2.75, 3.05) is 0 Å². The van der Waals surface area contributed by atoms with Gasteiger partial charge in [0.15, 0.2) is 0 Å². The van der Waals surface area contributed by atoms with E-state index in [0.717, 1.165) is 5.69 Å². The third kappa shape index (κ3) is 1.50. The van der Waals surface area contributed by atoms with Crippen LogP contribution in [0.1, 0.15) is 0 Å². The zero-order valence-corrected chi connectivity index (χ0v) is 9.71. The van der Waals surface area contributed by atoms with Crippen molar-refractivity contribution in [2.45, 2.75) is 0 Å². The fourth-order valence-corrected chi connectivity index (χ4v) is 3.14. The molecule has 3 rings (SSSR count). The summed E-state index contributed by atoms with van der Waals surface area (Å²) in [5.41, 5.74) is 3.55. The van der Waals surface area contributed by atoms with Crippen molar-refractivity contribution in [3.8, 4) is 11.3 Å². The van der Waals surface area contributed by atoms with Crippen molar-refractivity contribution < 1.29 is 3.40 Å². The van der Waals surface area contributed by atoms with Crippen molar-refractivity contribution in [3.05, 3.63) is 54.7 Å². The summed E-state index contributed by atoms with van der Waals surface area (Å²) in [6, 6.07) is 16.6. The number of aromatic nitrogens is 2. The molecule has 0 unspecified atom stereocenters. The molecule has 2 nitrogen and oxygen atoms in total. The quantitative estimate of drug-likeness (QED) is 0.607. The minimum atomic E-state index is 0.182. The van der Waals surface area contributed by atoms with Crippen molar-refractivity contribution in [1.29, 1.82) is 0 Å². The Kier molecular flexibility index (Phi) is 2.13. The summed E-state index contributed by atoms with van der Waals surface area (Å²) in [7, 11) is 0. The first-order valence-electron chi connectivity index (χ1n) is 4.77. The minimum absolute atomic E-state index is 0.182. The van der Waals surface area contributed by atoms with Crippen LogP contribution >= 0.6 is 0 Å². The van der Waals surface area contributed by atoms with E-state index in [1.807, 2.05) is 6.07 Å². The molecule has 0 amide bonds. The molecule has 0 aliphatic carbocycles. The molecular weight excluding hydrogens is 251 g/mol. The van der Waals surface area contributed by atoms with E-state index in [0.29, 0.717) is 0 Å². The number of hydrogen-bond donors (Lipinski definition) is 0.